The first kappa shape index (κ1) is 46.3. The van der Waals surface area contributed by atoms with Crippen molar-refractivity contribution in [3.63, 3.8) is 0 Å². The number of amidine groups is 1. The van der Waals surface area contributed by atoms with E-state index < -0.39 is 15.9 Å². The number of nitrogens with zero attached hydrogens (tertiary/aromatic N) is 5. The number of carbonyl (C=O) groups is 1. The Labute approximate surface area is 357 Å². The van der Waals surface area contributed by atoms with Crippen LogP contribution in [-0.2, 0) is 19.6 Å². The normalized spacial score (nSPS) is 13.9. The van der Waals surface area contributed by atoms with Crippen molar-refractivity contribution < 1.29 is 17.9 Å². The van der Waals surface area contributed by atoms with E-state index in [4.69, 9.17) is 56.1 Å². The molecule has 3 aromatic carbocycles. The number of sulfonamides is 1. The van der Waals surface area contributed by atoms with Crippen LogP contribution in [0.15, 0.2) is 63.6 Å². The average molecular weight is 882 g/mol. The van der Waals surface area contributed by atoms with Gasteiger partial charge in [0.15, 0.2) is 17.9 Å². The molecular weight excluding hydrogens is 828 g/mol. The van der Waals surface area contributed by atoms with Crippen LogP contribution in [0, 0.1) is 6.92 Å². The van der Waals surface area contributed by atoms with Crippen molar-refractivity contribution in [1.82, 2.24) is 4.72 Å². The Morgan fingerprint density at radius 3 is 2.12 bits per heavy atom. The number of carbonyl (C=O) groups excluding carboxylic acids is 1. The second kappa shape index (κ2) is 23.3. The molecule has 0 spiro atoms. The van der Waals surface area contributed by atoms with E-state index in [2.05, 4.69) is 27.1 Å². The highest BCUT2D eigenvalue weighted by molar-refractivity contribution is 7.88. The minimum atomic E-state index is -3.31. The lowest BCUT2D eigenvalue weighted by atomic mass is 10.1. The zero-order valence-corrected chi connectivity index (χ0v) is 36.9. The molecule has 57 heavy (non-hydrogen) atoms. The molecule has 3 aromatic rings. The van der Waals surface area contributed by atoms with Crippen LogP contribution in [0.1, 0.15) is 90.0 Å². The predicted molar refractivity (Wildman–Crippen MR) is 241 cm³/mol. The van der Waals surface area contributed by atoms with Crippen molar-refractivity contribution in [1.29, 1.82) is 0 Å². The first-order chi connectivity index (χ1) is 27.3. The zero-order chi connectivity index (χ0) is 41.4. The molecule has 0 fully saturated rings. The number of likely N-dealkylation sites (N-methyl/N-ethyl adjacent to an activating group) is 1. The molecule has 310 valence electrons. The molecule has 16 heteroatoms. The number of hydrogen-bond donors (Lipinski definition) is 2. The van der Waals surface area contributed by atoms with E-state index in [9.17, 15) is 13.2 Å². The monoisotopic (exact) mass is 879 g/mol. The lowest BCUT2D eigenvalue weighted by molar-refractivity contribution is -0.112. The third-order valence-electron chi connectivity index (χ3n) is 9.26. The van der Waals surface area contributed by atoms with Gasteiger partial charge in [-0.25, -0.2) is 23.1 Å². The molecule has 0 radical (unpaired) electrons. The molecule has 1 amide bonds. The Kier molecular flexibility index (Phi) is 18.9. The lowest BCUT2D eigenvalue weighted by Crippen LogP contribution is -2.34. The summed E-state index contributed by atoms with van der Waals surface area (Å²) in [5.41, 5.74) is 3.28. The Morgan fingerprint density at radius 2 is 1.51 bits per heavy atom. The SMILES string of the molecule is CCCCCCCCCCCCCO/C=N/c1ccc(Cl)c(NC2=NN(c3c(Cl)cc(Cl)cc3Cl)C(=O)/C2=N\c2ccc(N(CC)CCNS(C)(=O)=O)cc2C)c1. The molecule has 4 rings (SSSR count). The van der Waals surface area contributed by atoms with E-state index in [1.807, 2.05) is 30.9 Å². The quantitative estimate of drug-likeness (QED) is 0.0554. The fourth-order valence-electron chi connectivity index (χ4n) is 6.20. The van der Waals surface area contributed by atoms with Crippen LogP contribution in [0.5, 0.6) is 0 Å². The third-order valence-corrected chi connectivity index (χ3v) is 11.1. The molecule has 0 aliphatic carbocycles. The van der Waals surface area contributed by atoms with E-state index in [0.717, 1.165) is 35.4 Å². The largest absolute Gasteiger partial charge is 0.483 e. The van der Waals surface area contributed by atoms with E-state index in [1.165, 1.54) is 76.3 Å². The van der Waals surface area contributed by atoms with Crippen LogP contribution in [0.4, 0.5) is 28.4 Å². The van der Waals surface area contributed by atoms with Crippen molar-refractivity contribution in [3.05, 3.63) is 74.2 Å². The first-order valence-corrected chi connectivity index (χ1v) is 22.9. The first-order valence-electron chi connectivity index (χ1n) is 19.5. The lowest BCUT2D eigenvalue weighted by Gasteiger charge is -2.24. The molecule has 1 aliphatic heterocycles. The molecule has 11 nitrogen and oxygen atoms in total. The second-order valence-electron chi connectivity index (χ2n) is 13.9. The van der Waals surface area contributed by atoms with E-state index in [-0.39, 0.29) is 33.8 Å². The average Bonchev–Trinajstić information content (AvgIpc) is 3.44. The van der Waals surface area contributed by atoms with Crippen LogP contribution in [0.3, 0.4) is 0 Å². The smallest absolute Gasteiger partial charge is 0.301 e. The van der Waals surface area contributed by atoms with Gasteiger partial charge in [-0.15, -0.1) is 5.10 Å². The van der Waals surface area contributed by atoms with Crippen LogP contribution in [-0.4, -0.2) is 64.8 Å². The summed E-state index contributed by atoms with van der Waals surface area (Å²) in [6, 6.07) is 13.7. The van der Waals surface area contributed by atoms with E-state index >= 15 is 0 Å². The van der Waals surface area contributed by atoms with E-state index in [1.54, 1.807) is 24.3 Å². The molecular formula is C41H53Cl4N7O4S. The van der Waals surface area contributed by atoms with Gasteiger partial charge in [-0.2, -0.15) is 5.01 Å². The number of aryl methyl sites for hydroxylation is 1. The number of ether oxygens (including phenoxy) is 1. The van der Waals surface area contributed by atoms with Gasteiger partial charge < -0.3 is 15.0 Å². The Morgan fingerprint density at radius 1 is 0.860 bits per heavy atom. The van der Waals surface area contributed by atoms with Gasteiger partial charge >= 0.3 is 5.91 Å². The van der Waals surface area contributed by atoms with Gasteiger partial charge in [-0.1, -0.05) is 118 Å². The number of amides is 1. The fourth-order valence-corrected chi connectivity index (χ4v) is 7.81. The highest BCUT2D eigenvalue weighted by Crippen LogP contribution is 2.39. The number of hydrazone groups is 1. The Hall–Kier alpha value is -3.39. The Balaban J connectivity index is 1.48. The summed E-state index contributed by atoms with van der Waals surface area (Å²) < 4.78 is 31.4. The number of rotatable bonds is 23. The summed E-state index contributed by atoms with van der Waals surface area (Å²) in [7, 11) is -3.31. The molecule has 2 N–H and O–H groups in total. The summed E-state index contributed by atoms with van der Waals surface area (Å²) in [5, 5.41) is 9.74. The van der Waals surface area contributed by atoms with Crippen LogP contribution in [0.25, 0.3) is 0 Å². The number of benzene rings is 3. The fraction of sp³-hybridized carbons (Fsp3) is 0.463. The molecule has 0 aromatic heterocycles. The van der Waals surface area contributed by atoms with Gasteiger partial charge in [0.05, 0.1) is 45.0 Å². The maximum absolute atomic E-state index is 14.1. The predicted octanol–water partition coefficient (Wildman–Crippen LogP) is 11.5. The standard InChI is InChI=1S/C41H53Cl4N7O4S/c1-5-7-8-9-10-11-12-13-14-15-16-23-56-28-46-31-17-19-33(43)37(27-31)49-40-38(41(53)52(50-40)39-34(44)25-30(42)26-35(39)45)48-36-20-18-32(24-29(36)3)51(6-2)22-21-47-57(4,54)55/h17-20,24-28,47H,5-16,21-23H2,1-4H3,(H,49,50)/b46-28+,48-38-. The maximum atomic E-state index is 14.1. The van der Waals surface area contributed by atoms with Gasteiger partial charge in [0.1, 0.15) is 5.69 Å². The number of hydrogen-bond acceptors (Lipinski definition) is 9. The summed E-state index contributed by atoms with van der Waals surface area (Å²) in [6.07, 6.45) is 16.5. The molecule has 0 atom stereocenters. The highest BCUT2D eigenvalue weighted by atomic mass is 35.5. The number of halogens is 4. The van der Waals surface area contributed by atoms with Crippen LogP contribution < -0.4 is 19.9 Å². The van der Waals surface area contributed by atoms with Crippen LogP contribution >= 0.6 is 46.4 Å². The zero-order valence-electron chi connectivity index (χ0n) is 33.1. The van der Waals surface area contributed by atoms with E-state index in [0.29, 0.717) is 46.8 Å². The highest BCUT2D eigenvalue weighted by Gasteiger charge is 2.36. The van der Waals surface area contributed by atoms with Gasteiger partial charge in [0, 0.05) is 30.3 Å². The summed E-state index contributed by atoms with van der Waals surface area (Å²) in [4.78, 5) is 25.4. The molecule has 0 bridgehead atoms. The molecule has 0 saturated heterocycles. The number of aliphatic imine (C=N–C) groups is 2. The topological polar surface area (TPSA) is 128 Å². The summed E-state index contributed by atoms with van der Waals surface area (Å²) in [6.45, 7) is 8.04. The third kappa shape index (κ3) is 14.7. The maximum Gasteiger partial charge on any atom is 0.301 e. The van der Waals surface area contributed by atoms with Crippen molar-refractivity contribution >= 4 is 109 Å². The van der Waals surface area contributed by atoms with Crippen molar-refractivity contribution in [2.24, 2.45) is 15.1 Å². The minimum absolute atomic E-state index is 0.0158. The van der Waals surface area contributed by atoms with Crippen molar-refractivity contribution in [3.8, 4) is 0 Å². The number of unbranched alkanes of at least 4 members (excludes halogenated alkanes) is 10. The minimum Gasteiger partial charge on any atom is -0.483 e. The van der Waals surface area contributed by atoms with Crippen molar-refractivity contribution in [2.75, 3.05) is 47.7 Å². The van der Waals surface area contributed by atoms with Gasteiger partial charge in [-0.05, 0) is 74.4 Å². The molecule has 0 saturated carbocycles. The van der Waals surface area contributed by atoms with Crippen LogP contribution in [0.2, 0.25) is 20.1 Å². The van der Waals surface area contributed by atoms with Gasteiger partial charge in [0.2, 0.25) is 10.0 Å². The summed E-state index contributed by atoms with van der Waals surface area (Å²) >= 11 is 25.9. The van der Waals surface area contributed by atoms with Gasteiger partial charge in [0.25, 0.3) is 0 Å². The second-order valence-corrected chi connectivity index (χ2v) is 17.4. The van der Waals surface area contributed by atoms with Gasteiger partial charge in [-0.3, -0.25) is 4.79 Å². The Bertz CT molecular complexity index is 2000. The molecule has 1 aliphatic rings. The molecule has 0 unspecified atom stereocenters. The number of anilines is 3. The van der Waals surface area contributed by atoms with Crippen molar-refractivity contribution in [2.45, 2.75) is 91.4 Å². The molecule has 1 heterocycles. The summed E-state index contributed by atoms with van der Waals surface area (Å²) in [5.74, 6) is -0.487. The number of nitrogens with one attached hydrogen (secondary N) is 2.